The molecule has 2 heterocycles. The molecule has 25 heavy (non-hydrogen) atoms. The van der Waals surface area contributed by atoms with Gasteiger partial charge >= 0.3 is 0 Å². The number of benzene rings is 2. The zero-order valence-corrected chi connectivity index (χ0v) is 14.7. The molecule has 2 aromatic rings. The van der Waals surface area contributed by atoms with Gasteiger partial charge in [0.15, 0.2) is 0 Å². The van der Waals surface area contributed by atoms with Crippen molar-refractivity contribution < 1.29 is 4.74 Å². The van der Waals surface area contributed by atoms with Gasteiger partial charge in [-0.05, 0) is 36.2 Å². The summed E-state index contributed by atoms with van der Waals surface area (Å²) in [5.41, 5.74) is 1.33. The minimum absolute atomic E-state index is 0.728. The highest BCUT2D eigenvalue weighted by Gasteiger charge is 2.28. The zero-order valence-electron chi connectivity index (χ0n) is 14.7. The van der Waals surface area contributed by atoms with Gasteiger partial charge in [-0.25, -0.2) is 0 Å². The second-order valence-electron chi connectivity index (χ2n) is 7.03. The molecule has 0 saturated carbocycles. The van der Waals surface area contributed by atoms with Gasteiger partial charge in [-0.15, -0.1) is 0 Å². The summed E-state index contributed by atoms with van der Waals surface area (Å²) in [6, 6.07) is 19.2. The maximum Gasteiger partial charge on any atom is 0.127 e. The van der Waals surface area contributed by atoms with Crippen LogP contribution in [0, 0.1) is 0 Å². The van der Waals surface area contributed by atoms with Crippen LogP contribution in [0.5, 0.6) is 11.5 Å². The molecule has 2 aliphatic rings. The van der Waals surface area contributed by atoms with Gasteiger partial charge in [-0.2, -0.15) is 0 Å². The summed E-state index contributed by atoms with van der Waals surface area (Å²) >= 11 is 0. The highest BCUT2D eigenvalue weighted by atomic mass is 16.5. The predicted octanol–water partition coefficient (Wildman–Crippen LogP) is 2.96. The van der Waals surface area contributed by atoms with E-state index in [-0.39, 0.29) is 0 Å². The third-order valence-corrected chi connectivity index (χ3v) is 5.20. The smallest absolute Gasteiger partial charge is 0.127 e. The Hall–Kier alpha value is -1.88. The number of nitrogens with zero attached hydrogens (tertiary/aromatic N) is 2. The number of para-hydroxylation sites is 1. The second-order valence-corrected chi connectivity index (χ2v) is 7.03. The first kappa shape index (κ1) is 16.6. The van der Waals surface area contributed by atoms with Crippen molar-refractivity contribution in [1.29, 1.82) is 0 Å². The van der Waals surface area contributed by atoms with E-state index >= 15 is 0 Å². The molecule has 4 rings (SSSR count). The largest absolute Gasteiger partial charge is 0.457 e. The fraction of sp³-hybridized carbons (Fsp3) is 0.429. The van der Waals surface area contributed by atoms with Crippen molar-refractivity contribution in [1.82, 2.24) is 15.1 Å². The average Bonchev–Trinajstić information content (AvgIpc) is 3.12. The summed E-state index contributed by atoms with van der Waals surface area (Å²) in [4.78, 5) is 5.24. The lowest BCUT2D eigenvalue weighted by atomic mass is 10.2. The maximum absolute atomic E-state index is 5.97. The van der Waals surface area contributed by atoms with Crippen LogP contribution in [0.2, 0.25) is 0 Å². The number of nitrogens with one attached hydrogen (secondary N) is 1. The lowest BCUT2D eigenvalue weighted by Crippen LogP contribution is -2.49. The first-order chi connectivity index (χ1) is 12.4. The highest BCUT2D eigenvalue weighted by Crippen LogP contribution is 2.24. The Morgan fingerprint density at radius 1 is 0.920 bits per heavy atom. The molecule has 0 radical (unpaired) electrons. The van der Waals surface area contributed by atoms with Gasteiger partial charge in [-0.3, -0.25) is 9.80 Å². The van der Waals surface area contributed by atoms with E-state index in [0.29, 0.717) is 0 Å². The molecule has 1 atom stereocenters. The fourth-order valence-electron chi connectivity index (χ4n) is 3.89. The van der Waals surface area contributed by atoms with Gasteiger partial charge in [0.05, 0.1) is 0 Å². The Balaban J connectivity index is 1.34. The van der Waals surface area contributed by atoms with Gasteiger partial charge < -0.3 is 10.1 Å². The molecule has 1 N–H and O–H groups in total. The summed E-state index contributed by atoms with van der Waals surface area (Å²) in [6.07, 6.45) is 1.29. The first-order valence-electron chi connectivity index (χ1n) is 9.36. The minimum Gasteiger partial charge on any atom is -0.457 e. The normalized spacial score (nSPS) is 22.2. The standard InChI is InChI=1S/C21H27N3O/c1-2-6-20(7-3-1)25-21-8-4-5-18(15-21)16-23-12-9-19(17-23)24-13-10-22-11-14-24/h1-8,15,19,22H,9-14,16-17H2. The summed E-state index contributed by atoms with van der Waals surface area (Å²) in [7, 11) is 0. The van der Waals surface area contributed by atoms with Crippen LogP contribution >= 0.6 is 0 Å². The van der Waals surface area contributed by atoms with E-state index in [0.717, 1.165) is 37.2 Å². The summed E-state index contributed by atoms with van der Waals surface area (Å²) in [5.74, 6) is 1.81. The Morgan fingerprint density at radius 2 is 1.72 bits per heavy atom. The van der Waals surface area contributed by atoms with Crippen LogP contribution in [-0.2, 0) is 6.54 Å². The van der Waals surface area contributed by atoms with Crippen LogP contribution in [0.25, 0.3) is 0 Å². The van der Waals surface area contributed by atoms with Crippen molar-refractivity contribution in [3.05, 3.63) is 60.2 Å². The average molecular weight is 337 g/mol. The maximum atomic E-state index is 5.97. The van der Waals surface area contributed by atoms with E-state index < -0.39 is 0 Å². The van der Waals surface area contributed by atoms with Crippen LogP contribution in [0.1, 0.15) is 12.0 Å². The van der Waals surface area contributed by atoms with Crippen LogP contribution < -0.4 is 10.1 Å². The van der Waals surface area contributed by atoms with E-state index in [1.165, 1.54) is 38.2 Å². The number of hydrogen-bond acceptors (Lipinski definition) is 4. The molecule has 4 nitrogen and oxygen atoms in total. The van der Waals surface area contributed by atoms with Crippen LogP contribution in [0.15, 0.2) is 54.6 Å². The van der Waals surface area contributed by atoms with Crippen molar-refractivity contribution in [2.24, 2.45) is 0 Å². The Kier molecular flexibility index (Phi) is 5.31. The molecule has 1 unspecified atom stereocenters. The minimum atomic E-state index is 0.728. The molecule has 0 aliphatic carbocycles. The highest BCUT2D eigenvalue weighted by molar-refractivity contribution is 5.33. The molecule has 0 amide bonds. The van der Waals surface area contributed by atoms with E-state index in [2.05, 4.69) is 33.3 Å². The fourth-order valence-corrected chi connectivity index (χ4v) is 3.89. The lowest BCUT2D eigenvalue weighted by molar-refractivity contribution is 0.170. The van der Waals surface area contributed by atoms with E-state index in [9.17, 15) is 0 Å². The van der Waals surface area contributed by atoms with Crippen LogP contribution in [-0.4, -0.2) is 55.1 Å². The lowest BCUT2D eigenvalue weighted by Gasteiger charge is -2.32. The monoisotopic (exact) mass is 337 g/mol. The third-order valence-electron chi connectivity index (χ3n) is 5.20. The molecule has 2 fully saturated rings. The van der Waals surface area contributed by atoms with Crippen molar-refractivity contribution in [2.45, 2.75) is 19.0 Å². The SMILES string of the molecule is c1ccc(Oc2cccc(CN3CCC(N4CCNCC4)C3)c2)cc1. The molecule has 2 saturated heterocycles. The van der Waals surface area contributed by atoms with E-state index in [1.54, 1.807) is 0 Å². The molecule has 4 heteroatoms. The van der Waals surface area contributed by atoms with Crippen LogP contribution in [0.3, 0.4) is 0 Å². The predicted molar refractivity (Wildman–Crippen MR) is 101 cm³/mol. The number of hydrogen-bond donors (Lipinski definition) is 1. The molecule has 0 spiro atoms. The topological polar surface area (TPSA) is 27.7 Å². The van der Waals surface area contributed by atoms with Gasteiger partial charge in [0, 0.05) is 51.9 Å². The molecular weight excluding hydrogens is 310 g/mol. The summed E-state index contributed by atoms with van der Waals surface area (Å²) in [5, 5.41) is 3.45. The van der Waals surface area contributed by atoms with Gasteiger partial charge in [0.2, 0.25) is 0 Å². The molecule has 132 valence electrons. The number of ether oxygens (including phenoxy) is 1. The van der Waals surface area contributed by atoms with Crippen LogP contribution in [0.4, 0.5) is 0 Å². The van der Waals surface area contributed by atoms with E-state index in [1.807, 2.05) is 36.4 Å². The van der Waals surface area contributed by atoms with Crippen molar-refractivity contribution in [3.8, 4) is 11.5 Å². The van der Waals surface area contributed by atoms with Crippen molar-refractivity contribution >= 4 is 0 Å². The van der Waals surface area contributed by atoms with E-state index in [4.69, 9.17) is 4.74 Å². The zero-order chi connectivity index (χ0) is 16.9. The third kappa shape index (κ3) is 4.40. The molecule has 2 aliphatic heterocycles. The van der Waals surface area contributed by atoms with Crippen molar-refractivity contribution in [2.75, 3.05) is 39.3 Å². The molecule has 0 bridgehead atoms. The quantitative estimate of drug-likeness (QED) is 0.908. The molecule has 2 aromatic carbocycles. The second kappa shape index (κ2) is 8.00. The number of likely N-dealkylation sites (tertiary alicyclic amines) is 1. The van der Waals surface area contributed by atoms with Gasteiger partial charge in [0.25, 0.3) is 0 Å². The first-order valence-corrected chi connectivity index (χ1v) is 9.36. The summed E-state index contributed by atoms with van der Waals surface area (Å²) < 4.78 is 5.97. The van der Waals surface area contributed by atoms with Crippen molar-refractivity contribution in [3.63, 3.8) is 0 Å². The Bertz CT molecular complexity index is 670. The summed E-state index contributed by atoms with van der Waals surface area (Å²) in [6.45, 7) is 8.04. The molecule has 0 aromatic heterocycles. The Labute approximate surface area is 150 Å². The number of rotatable bonds is 5. The number of piperazine rings is 1. The van der Waals surface area contributed by atoms with Gasteiger partial charge in [0.1, 0.15) is 11.5 Å². The Morgan fingerprint density at radius 3 is 2.56 bits per heavy atom. The molecular formula is C21H27N3O. The van der Waals surface area contributed by atoms with Gasteiger partial charge in [-0.1, -0.05) is 30.3 Å².